The van der Waals surface area contributed by atoms with E-state index in [1.807, 2.05) is 24.3 Å². The zero-order chi connectivity index (χ0) is 15.5. The highest BCUT2D eigenvalue weighted by Gasteiger charge is 2.31. The molecule has 0 radical (unpaired) electrons. The van der Waals surface area contributed by atoms with E-state index in [9.17, 15) is 4.79 Å². The molecule has 2 bridgehead atoms. The van der Waals surface area contributed by atoms with Gasteiger partial charge in [0.25, 0.3) is 0 Å². The number of hydrogen-bond acceptors (Lipinski definition) is 5. The minimum absolute atomic E-state index is 0.285. The van der Waals surface area contributed by atoms with Gasteiger partial charge in [0.2, 0.25) is 0 Å². The third-order valence-electron chi connectivity index (χ3n) is 4.53. The Balaban J connectivity index is 1.70. The number of hydrogen-bond donors (Lipinski definition) is 0. The second-order valence-electron chi connectivity index (χ2n) is 6.40. The second-order valence-corrected chi connectivity index (χ2v) is 6.40. The monoisotopic (exact) mass is 304 g/mol. The van der Waals surface area contributed by atoms with Crippen LogP contribution in [0.25, 0.3) is 0 Å². The molecule has 2 atom stereocenters. The normalized spacial score (nSPS) is 26.5. The van der Waals surface area contributed by atoms with Gasteiger partial charge in [0, 0.05) is 38.1 Å². The van der Waals surface area contributed by atoms with E-state index < -0.39 is 0 Å². The van der Waals surface area contributed by atoms with Crippen LogP contribution in [0.5, 0.6) is 0 Å². The Bertz CT molecular complexity index is 517. The fourth-order valence-corrected chi connectivity index (χ4v) is 3.46. The van der Waals surface area contributed by atoms with Crippen molar-refractivity contribution < 1.29 is 14.3 Å². The van der Waals surface area contributed by atoms with E-state index >= 15 is 0 Å². The van der Waals surface area contributed by atoms with Gasteiger partial charge in [0.15, 0.2) is 0 Å². The molecule has 5 heteroatoms. The van der Waals surface area contributed by atoms with Gasteiger partial charge in [0.1, 0.15) is 0 Å². The number of benzene rings is 1. The molecular weight excluding hydrogens is 280 g/mol. The van der Waals surface area contributed by atoms with Crippen molar-refractivity contribution >= 4 is 5.97 Å². The maximum atomic E-state index is 11.5. The van der Waals surface area contributed by atoms with Crippen LogP contribution in [0.3, 0.4) is 0 Å². The van der Waals surface area contributed by atoms with Crippen molar-refractivity contribution in [1.29, 1.82) is 0 Å². The maximum Gasteiger partial charge on any atom is 0.337 e. The van der Waals surface area contributed by atoms with Crippen molar-refractivity contribution in [3.05, 3.63) is 35.4 Å². The zero-order valence-electron chi connectivity index (χ0n) is 13.3. The summed E-state index contributed by atoms with van der Waals surface area (Å²) in [5.74, 6) is 0.291. The lowest BCUT2D eigenvalue weighted by Gasteiger charge is -2.29. The third-order valence-corrected chi connectivity index (χ3v) is 4.53. The Morgan fingerprint density at radius 1 is 1.23 bits per heavy atom. The molecule has 120 valence electrons. The number of likely N-dealkylation sites (N-methyl/N-ethyl adjacent to an activating group) is 1. The minimum Gasteiger partial charge on any atom is -0.465 e. The minimum atomic E-state index is -0.285. The first kappa shape index (κ1) is 15.5. The quantitative estimate of drug-likeness (QED) is 0.786. The van der Waals surface area contributed by atoms with Crippen LogP contribution in [0, 0.1) is 5.92 Å². The first-order valence-corrected chi connectivity index (χ1v) is 7.83. The summed E-state index contributed by atoms with van der Waals surface area (Å²) in [4.78, 5) is 16.4. The van der Waals surface area contributed by atoms with Crippen LogP contribution in [-0.4, -0.2) is 68.8 Å². The summed E-state index contributed by atoms with van der Waals surface area (Å²) in [5.41, 5.74) is 1.83. The lowest BCUT2D eigenvalue weighted by molar-refractivity contribution is 0.0562. The van der Waals surface area contributed by atoms with Gasteiger partial charge in [-0.2, -0.15) is 0 Å². The highest BCUT2D eigenvalue weighted by molar-refractivity contribution is 5.89. The molecule has 0 aliphatic carbocycles. The van der Waals surface area contributed by atoms with Crippen molar-refractivity contribution in [2.45, 2.75) is 12.6 Å². The molecule has 3 rings (SSSR count). The van der Waals surface area contributed by atoms with Crippen LogP contribution in [0.15, 0.2) is 24.3 Å². The van der Waals surface area contributed by atoms with Crippen LogP contribution in [0.4, 0.5) is 0 Å². The summed E-state index contributed by atoms with van der Waals surface area (Å²) in [6.45, 7) is 5.80. The van der Waals surface area contributed by atoms with Crippen molar-refractivity contribution in [3.8, 4) is 0 Å². The molecule has 22 heavy (non-hydrogen) atoms. The lowest BCUT2D eigenvalue weighted by atomic mass is 10.1. The first-order chi connectivity index (χ1) is 10.7. The summed E-state index contributed by atoms with van der Waals surface area (Å²) >= 11 is 0. The molecule has 0 aromatic heterocycles. The molecule has 2 aliphatic heterocycles. The van der Waals surface area contributed by atoms with Crippen LogP contribution in [-0.2, 0) is 16.0 Å². The standard InChI is InChI=1S/C17H24N2O3/c1-18-7-14-9-19(16(10-18)12-22-11-14)8-13-3-5-15(6-4-13)17(20)21-2/h3-6,14,16H,7-12H2,1-2H3/t14-,16-/m0/s1. The number of fused-ring (bicyclic) bond motifs is 3. The molecule has 2 aliphatic rings. The average Bonchev–Trinajstić information content (AvgIpc) is 2.77. The SMILES string of the molecule is COC(=O)c1ccc(CN2C[C@H]3COC[C@@H]2CN(C)C3)cc1. The van der Waals surface area contributed by atoms with Gasteiger partial charge in [-0.1, -0.05) is 12.1 Å². The summed E-state index contributed by atoms with van der Waals surface area (Å²) in [5, 5.41) is 0. The summed E-state index contributed by atoms with van der Waals surface area (Å²) in [7, 11) is 3.60. The Hall–Kier alpha value is -1.43. The van der Waals surface area contributed by atoms with Gasteiger partial charge in [-0.25, -0.2) is 4.79 Å². The second kappa shape index (κ2) is 6.77. The number of ether oxygens (including phenoxy) is 2. The van der Waals surface area contributed by atoms with Crippen LogP contribution in [0.2, 0.25) is 0 Å². The van der Waals surface area contributed by atoms with Crippen molar-refractivity contribution in [2.24, 2.45) is 5.92 Å². The summed E-state index contributed by atoms with van der Waals surface area (Å²) < 4.78 is 10.6. The number of methoxy groups -OCH3 is 1. The highest BCUT2D eigenvalue weighted by Crippen LogP contribution is 2.21. The maximum absolute atomic E-state index is 11.5. The van der Waals surface area contributed by atoms with E-state index in [0.717, 1.165) is 39.4 Å². The summed E-state index contributed by atoms with van der Waals surface area (Å²) in [6.07, 6.45) is 0. The van der Waals surface area contributed by atoms with E-state index in [-0.39, 0.29) is 5.97 Å². The predicted octanol–water partition coefficient (Wildman–Crippen LogP) is 1.24. The zero-order valence-corrected chi connectivity index (χ0v) is 13.3. The van der Waals surface area contributed by atoms with Gasteiger partial charge in [-0.05, 0) is 24.7 Å². The number of carbonyl (C=O) groups excluding carboxylic acids is 1. The highest BCUT2D eigenvalue weighted by atomic mass is 16.5. The van der Waals surface area contributed by atoms with Crippen LogP contribution >= 0.6 is 0 Å². The molecule has 0 amide bonds. The van der Waals surface area contributed by atoms with Crippen LogP contribution < -0.4 is 0 Å². The number of nitrogens with zero attached hydrogens (tertiary/aromatic N) is 2. The Morgan fingerprint density at radius 3 is 2.73 bits per heavy atom. The Morgan fingerprint density at radius 2 is 2.00 bits per heavy atom. The van der Waals surface area contributed by atoms with E-state index in [0.29, 0.717) is 17.5 Å². The average molecular weight is 304 g/mol. The van der Waals surface area contributed by atoms with Crippen molar-refractivity contribution in [3.63, 3.8) is 0 Å². The molecule has 0 saturated carbocycles. The van der Waals surface area contributed by atoms with Gasteiger partial charge in [-0.15, -0.1) is 0 Å². The lowest BCUT2D eigenvalue weighted by Crippen LogP contribution is -2.42. The third kappa shape index (κ3) is 3.48. The van der Waals surface area contributed by atoms with Gasteiger partial charge in [0.05, 0.1) is 25.9 Å². The Labute approximate surface area is 131 Å². The molecule has 2 fully saturated rings. The fraction of sp³-hybridized carbons (Fsp3) is 0.588. The largest absolute Gasteiger partial charge is 0.465 e. The van der Waals surface area contributed by atoms with Gasteiger partial charge in [-0.3, -0.25) is 4.90 Å². The molecule has 0 spiro atoms. The van der Waals surface area contributed by atoms with E-state index in [1.54, 1.807) is 0 Å². The molecule has 1 aromatic carbocycles. The van der Waals surface area contributed by atoms with E-state index in [4.69, 9.17) is 9.47 Å². The van der Waals surface area contributed by atoms with Crippen LogP contribution in [0.1, 0.15) is 15.9 Å². The van der Waals surface area contributed by atoms with E-state index in [2.05, 4.69) is 16.8 Å². The smallest absolute Gasteiger partial charge is 0.337 e. The van der Waals surface area contributed by atoms with Crippen molar-refractivity contribution in [1.82, 2.24) is 9.80 Å². The molecule has 1 aromatic rings. The number of esters is 1. The van der Waals surface area contributed by atoms with Crippen molar-refractivity contribution in [2.75, 3.05) is 47.0 Å². The fourth-order valence-electron chi connectivity index (χ4n) is 3.46. The predicted molar refractivity (Wildman–Crippen MR) is 83.8 cm³/mol. The molecule has 2 saturated heterocycles. The topological polar surface area (TPSA) is 42.0 Å². The van der Waals surface area contributed by atoms with Gasteiger partial charge >= 0.3 is 5.97 Å². The first-order valence-electron chi connectivity index (χ1n) is 7.83. The molecule has 0 unspecified atom stereocenters. The number of rotatable bonds is 3. The molecule has 2 heterocycles. The number of carbonyl (C=O) groups is 1. The van der Waals surface area contributed by atoms with E-state index in [1.165, 1.54) is 12.7 Å². The molecule has 0 N–H and O–H groups in total. The molecular formula is C17H24N2O3. The summed E-state index contributed by atoms with van der Waals surface area (Å²) in [6, 6.07) is 8.16. The van der Waals surface area contributed by atoms with Gasteiger partial charge < -0.3 is 14.4 Å². The molecule has 5 nitrogen and oxygen atoms in total. The Kier molecular flexibility index (Phi) is 4.76.